The third kappa shape index (κ3) is 1.91. The van der Waals surface area contributed by atoms with Gasteiger partial charge in [0.15, 0.2) is 0 Å². The molecule has 0 saturated heterocycles. The third-order valence-electron chi connectivity index (χ3n) is 4.11. The third-order valence-corrected chi connectivity index (χ3v) is 5.92. The van der Waals surface area contributed by atoms with E-state index in [1.165, 1.54) is 24.8 Å². The Morgan fingerprint density at radius 3 is 2.65 bits per heavy atom. The topological polar surface area (TPSA) is 20.2 Å². The lowest BCUT2D eigenvalue weighted by Crippen LogP contribution is -1.99. The van der Waals surface area contributed by atoms with Gasteiger partial charge in [-0.25, -0.2) is 0 Å². The van der Waals surface area contributed by atoms with Crippen LogP contribution in [0, 0.1) is 2.88 Å². The summed E-state index contributed by atoms with van der Waals surface area (Å²) in [6.45, 7) is 0. The van der Waals surface area contributed by atoms with Gasteiger partial charge in [0, 0.05) is 0 Å². The molecule has 4 rings (SSSR count). The summed E-state index contributed by atoms with van der Waals surface area (Å²) >= 11 is 3.98. The maximum absolute atomic E-state index is 10.7. The van der Waals surface area contributed by atoms with Crippen molar-refractivity contribution in [1.29, 1.82) is 0 Å². The second-order valence-electron chi connectivity index (χ2n) is 5.24. The predicted molar refractivity (Wildman–Crippen MR) is 92.5 cm³/mol. The molecule has 0 radical (unpaired) electrons. The number of aliphatic hydroxyl groups excluding tert-OH is 1. The summed E-state index contributed by atoms with van der Waals surface area (Å²) in [6, 6.07) is 12.8. The summed E-state index contributed by atoms with van der Waals surface area (Å²) in [5, 5.41) is 15.3. The second-order valence-corrected chi connectivity index (χ2v) is 8.05. The van der Waals surface area contributed by atoms with Crippen LogP contribution in [0.5, 0.6) is 0 Å². The average Bonchev–Trinajstić information content (AvgIpc) is 3.07. The Hall–Kier alpha value is -0.910. The number of hydrogen-bond acceptors (Lipinski definition) is 2. The molecule has 0 amide bonds. The van der Waals surface area contributed by atoms with E-state index in [1.54, 1.807) is 11.3 Å². The molecule has 1 nitrogen and oxygen atoms in total. The van der Waals surface area contributed by atoms with Gasteiger partial charge in [-0.1, -0.05) is 30.3 Å². The SMILES string of the molecule is OC(c1csc(I)c1)c1ccc2c3c(cccc13)CC2. The highest BCUT2D eigenvalue weighted by atomic mass is 127. The Bertz CT molecular complexity index is 796. The Balaban J connectivity index is 1.93. The molecular weight excluding hydrogens is 379 g/mol. The minimum Gasteiger partial charge on any atom is -0.384 e. The van der Waals surface area contributed by atoms with Gasteiger partial charge in [-0.15, -0.1) is 11.3 Å². The van der Waals surface area contributed by atoms with E-state index in [-0.39, 0.29) is 0 Å². The molecule has 1 N–H and O–H groups in total. The summed E-state index contributed by atoms with van der Waals surface area (Å²) in [5.74, 6) is 0. The summed E-state index contributed by atoms with van der Waals surface area (Å²) in [7, 11) is 0. The summed E-state index contributed by atoms with van der Waals surface area (Å²) in [6.07, 6.45) is 1.73. The van der Waals surface area contributed by atoms with Crippen molar-refractivity contribution in [2.45, 2.75) is 18.9 Å². The van der Waals surface area contributed by atoms with Crippen molar-refractivity contribution in [2.24, 2.45) is 0 Å². The van der Waals surface area contributed by atoms with Crippen molar-refractivity contribution in [2.75, 3.05) is 0 Å². The average molecular weight is 392 g/mol. The van der Waals surface area contributed by atoms with E-state index in [2.05, 4.69) is 64.4 Å². The molecule has 1 unspecified atom stereocenters. The highest BCUT2D eigenvalue weighted by Gasteiger charge is 2.20. The number of halogens is 1. The van der Waals surface area contributed by atoms with Crippen LogP contribution >= 0.6 is 33.9 Å². The van der Waals surface area contributed by atoms with Gasteiger partial charge in [-0.3, -0.25) is 0 Å². The summed E-state index contributed by atoms with van der Waals surface area (Å²) in [5.41, 5.74) is 4.87. The molecule has 0 fully saturated rings. The van der Waals surface area contributed by atoms with E-state index in [9.17, 15) is 5.11 Å². The zero-order valence-corrected chi connectivity index (χ0v) is 13.7. The van der Waals surface area contributed by atoms with Crippen LogP contribution < -0.4 is 0 Å². The lowest BCUT2D eigenvalue weighted by atomic mass is 9.94. The van der Waals surface area contributed by atoms with E-state index >= 15 is 0 Å². The molecule has 0 saturated carbocycles. The lowest BCUT2D eigenvalue weighted by molar-refractivity contribution is 0.222. The summed E-state index contributed by atoms with van der Waals surface area (Å²) < 4.78 is 1.21. The van der Waals surface area contributed by atoms with E-state index in [1.807, 2.05) is 0 Å². The molecule has 20 heavy (non-hydrogen) atoms. The number of hydrogen-bond donors (Lipinski definition) is 1. The van der Waals surface area contributed by atoms with Crippen LogP contribution in [0.15, 0.2) is 41.8 Å². The molecule has 100 valence electrons. The Labute approximate surface area is 135 Å². The second kappa shape index (κ2) is 4.83. The first kappa shape index (κ1) is 12.8. The van der Waals surface area contributed by atoms with Crippen molar-refractivity contribution < 1.29 is 5.11 Å². The van der Waals surface area contributed by atoms with Gasteiger partial charge >= 0.3 is 0 Å². The van der Waals surface area contributed by atoms with Gasteiger partial charge in [0.05, 0.1) is 2.88 Å². The molecule has 1 aliphatic rings. The normalized spacial score (nSPS) is 14.9. The minimum absolute atomic E-state index is 0.528. The number of benzene rings is 2. The largest absolute Gasteiger partial charge is 0.384 e. The lowest BCUT2D eigenvalue weighted by Gasteiger charge is -2.14. The highest BCUT2D eigenvalue weighted by Crippen LogP contribution is 2.37. The van der Waals surface area contributed by atoms with Gasteiger partial charge in [-0.2, -0.15) is 0 Å². The monoisotopic (exact) mass is 392 g/mol. The molecule has 0 spiro atoms. The quantitative estimate of drug-likeness (QED) is 0.628. The van der Waals surface area contributed by atoms with Crippen LogP contribution in [0.25, 0.3) is 10.8 Å². The summed E-state index contributed by atoms with van der Waals surface area (Å²) in [4.78, 5) is 0. The molecule has 0 aliphatic heterocycles. The zero-order chi connectivity index (χ0) is 13.7. The zero-order valence-electron chi connectivity index (χ0n) is 10.8. The maximum Gasteiger partial charge on any atom is 0.105 e. The fraction of sp³-hybridized carbons (Fsp3) is 0.176. The Morgan fingerprint density at radius 1 is 1.10 bits per heavy atom. The van der Waals surface area contributed by atoms with Gasteiger partial charge < -0.3 is 5.11 Å². The van der Waals surface area contributed by atoms with E-state index in [4.69, 9.17) is 0 Å². The Morgan fingerprint density at radius 2 is 1.90 bits per heavy atom. The Kier molecular flexibility index (Phi) is 3.09. The molecule has 2 aromatic carbocycles. The molecule has 0 bridgehead atoms. The van der Waals surface area contributed by atoms with Crippen molar-refractivity contribution in [3.63, 3.8) is 0 Å². The predicted octanol–water partition coefficient (Wildman–Crippen LogP) is 4.69. The van der Waals surface area contributed by atoms with Crippen LogP contribution in [0.3, 0.4) is 0 Å². The van der Waals surface area contributed by atoms with Crippen LogP contribution in [0.4, 0.5) is 0 Å². The van der Waals surface area contributed by atoms with Gasteiger partial charge in [0.2, 0.25) is 0 Å². The molecule has 1 heterocycles. The van der Waals surface area contributed by atoms with E-state index in [0.717, 1.165) is 24.0 Å². The van der Waals surface area contributed by atoms with Gasteiger partial charge in [-0.05, 0) is 79.9 Å². The molecule has 3 heteroatoms. The standard InChI is InChI=1S/C17H13IOS/c18-15-8-12(9-20-15)17(19)14-7-6-11-5-4-10-2-1-3-13(14)16(10)11/h1-3,6-9,17,19H,4-5H2. The van der Waals surface area contributed by atoms with Crippen LogP contribution in [-0.4, -0.2) is 5.11 Å². The van der Waals surface area contributed by atoms with Gasteiger partial charge in [0.25, 0.3) is 0 Å². The first-order valence-corrected chi connectivity index (χ1v) is 8.65. The van der Waals surface area contributed by atoms with E-state index < -0.39 is 6.10 Å². The first-order valence-electron chi connectivity index (χ1n) is 6.69. The van der Waals surface area contributed by atoms with Crippen molar-refractivity contribution in [1.82, 2.24) is 0 Å². The number of aliphatic hydroxyl groups is 1. The molecular formula is C17H13IOS. The first-order chi connectivity index (χ1) is 9.74. The van der Waals surface area contributed by atoms with Crippen molar-refractivity contribution in [3.05, 3.63) is 66.9 Å². The van der Waals surface area contributed by atoms with Crippen molar-refractivity contribution in [3.8, 4) is 0 Å². The molecule has 3 aromatic rings. The smallest absolute Gasteiger partial charge is 0.105 e. The minimum atomic E-state index is -0.528. The number of thiophene rings is 1. The fourth-order valence-corrected chi connectivity index (χ4v) is 4.54. The van der Waals surface area contributed by atoms with Crippen LogP contribution in [0.2, 0.25) is 0 Å². The maximum atomic E-state index is 10.7. The van der Waals surface area contributed by atoms with Gasteiger partial charge in [0.1, 0.15) is 6.10 Å². The molecule has 1 aliphatic carbocycles. The molecule has 1 aromatic heterocycles. The number of rotatable bonds is 2. The van der Waals surface area contributed by atoms with Crippen LogP contribution in [0.1, 0.15) is 28.4 Å². The van der Waals surface area contributed by atoms with E-state index in [0.29, 0.717) is 0 Å². The van der Waals surface area contributed by atoms with Crippen LogP contribution in [-0.2, 0) is 12.8 Å². The molecule has 1 atom stereocenters. The van der Waals surface area contributed by atoms with Crippen molar-refractivity contribution >= 4 is 44.7 Å². The fourth-order valence-electron chi connectivity index (χ4n) is 3.15. The number of aryl methyl sites for hydroxylation is 2. The highest BCUT2D eigenvalue weighted by molar-refractivity contribution is 14.1.